The van der Waals surface area contributed by atoms with Crippen LogP contribution in [-0.4, -0.2) is 30.4 Å². The molecule has 0 radical (unpaired) electrons. The lowest BCUT2D eigenvalue weighted by atomic mass is 9.92. The van der Waals surface area contributed by atoms with Crippen molar-refractivity contribution in [1.29, 1.82) is 0 Å². The summed E-state index contributed by atoms with van der Waals surface area (Å²) in [6.07, 6.45) is -0.295. The number of fused-ring (bicyclic) bond motifs is 2. The fourth-order valence-electron chi connectivity index (χ4n) is 4.72. The number of ether oxygens (including phenoxy) is 1. The maximum atomic E-state index is 12.7. The van der Waals surface area contributed by atoms with Gasteiger partial charge in [-0.15, -0.1) is 0 Å². The van der Waals surface area contributed by atoms with Gasteiger partial charge in [0.05, 0.1) is 18.7 Å². The maximum Gasteiger partial charge on any atom is 0.390 e. The average molecular weight is 367 g/mol. The first-order chi connectivity index (χ1) is 12.4. The molecule has 0 bridgehead atoms. The van der Waals surface area contributed by atoms with Crippen LogP contribution in [0.5, 0.6) is 5.75 Å². The van der Waals surface area contributed by atoms with Gasteiger partial charge in [-0.1, -0.05) is 0 Å². The third-order valence-corrected chi connectivity index (χ3v) is 5.94. The van der Waals surface area contributed by atoms with Gasteiger partial charge in [0.15, 0.2) is 0 Å². The Balaban J connectivity index is 1.28. The molecule has 4 atom stereocenters. The number of hydrogen-bond acceptors (Lipinski definition) is 3. The molecule has 1 saturated heterocycles. The predicted octanol–water partition coefficient (Wildman–Crippen LogP) is 4.09. The van der Waals surface area contributed by atoms with Crippen molar-refractivity contribution in [3.63, 3.8) is 0 Å². The lowest BCUT2D eigenvalue weighted by molar-refractivity contribution is -0.141. The van der Waals surface area contributed by atoms with Gasteiger partial charge >= 0.3 is 6.18 Å². The Morgan fingerprint density at radius 2 is 2.08 bits per heavy atom. The third-order valence-electron chi connectivity index (χ3n) is 5.94. The van der Waals surface area contributed by atoms with Crippen molar-refractivity contribution >= 4 is 16.6 Å². The van der Waals surface area contributed by atoms with Crippen LogP contribution in [-0.2, 0) is 0 Å². The fourth-order valence-corrected chi connectivity index (χ4v) is 4.72. The molecule has 1 aromatic heterocycles. The van der Waals surface area contributed by atoms with Crippen LogP contribution in [0.3, 0.4) is 0 Å². The van der Waals surface area contributed by atoms with E-state index < -0.39 is 18.6 Å². The molecule has 4 nitrogen and oxygen atoms in total. The zero-order chi connectivity index (χ0) is 18.3. The lowest BCUT2D eigenvalue weighted by Gasteiger charge is -2.20. The number of aromatic amines is 1. The molecule has 2 aromatic rings. The smallest absolute Gasteiger partial charge is 0.390 e. The largest absolute Gasteiger partial charge is 0.494 e. The molecule has 2 heterocycles. The summed E-state index contributed by atoms with van der Waals surface area (Å²) < 4.78 is 44.0. The fraction of sp³-hybridized carbons (Fsp3) is 0.579. The molecule has 0 spiro atoms. The van der Waals surface area contributed by atoms with E-state index in [0.29, 0.717) is 30.7 Å². The zero-order valence-corrected chi connectivity index (χ0v) is 14.5. The SMILES string of the molecule is Nc1c[nH]c2ccc(OCC[C@@H]3C[C@H]4CN[C@H](CC(F)(F)F)[C@@H]4C3)cc12. The van der Waals surface area contributed by atoms with Crippen LogP contribution in [0.2, 0.25) is 0 Å². The minimum atomic E-state index is -4.09. The molecule has 1 saturated carbocycles. The van der Waals surface area contributed by atoms with Crippen molar-refractivity contribution < 1.29 is 17.9 Å². The molecule has 1 aliphatic heterocycles. The summed E-state index contributed by atoms with van der Waals surface area (Å²) in [5, 5.41) is 4.01. The second kappa shape index (κ2) is 6.68. The summed E-state index contributed by atoms with van der Waals surface area (Å²) in [5.74, 6) is 1.75. The van der Waals surface area contributed by atoms with Crippen LogP contribution >= 0.6 is 0 Å². The molecule has 0 unspecified atom stereocenters. The summed E-state index contributed by atoms with van der Waals surface area (Å²) in [6, 6.07) is 5.36. The Labute approximate surface area is 150 Å². The molecule has 7 heteroatoms. The summed E-state index contributed by atoms with van der Waals surface area (Å²) in [7, 11) is 0. The highest BCUT2D eigenvalue weighted by atomic mass is 19.4. The number of anilines is 1. The second-order valence-electron chi connectivity index (χ2n) is 7.68. The monoisotopic (exact) mass is 367 g/mol. The molecule has 1 aliphatic carbocycles. The van der Waals surface area contributed by atoms with Gasteiger partial charge in [0.1, 0.15) is 5.75 Å². The Hall–Kier alpha value is -1.89. The van der Waals surface area contributed by atoms with E-state index in [4.69, 9.17) is 10.5 Å². The molecule has 0 amide bonds. The number of halogens is 3. The topological polar surface area (TPSA) is 63.1 Å². The number of hydrogen-bond donors (Lipinski definition) is 3. The Kier molecular flexibility index (Phi) is 4.50. The standard InChI is InChI=1S/C19H24F3N3O/c20-19(21,22)8-18-14-6-11(5-12(14)9-24-18)3-4-26-13-1-2-17-15(7-13)16(23)10-25-17/h1-2,7,10-12,14,18,24-25H,3-6,8-9,23H2/t11-,12+,14-,18-/m1/s1. The predicted molar refractivity (Wildman–Crippen MR) is 95.0 cm³/mol. The van der Waals surface area contributed by atoms with Gasteiger partial charge in [-0.3, -0.25) is 0 Å². The molecule has 4 N–H and O–H groups in total. The summed E-state index contributed by atoms with van der Waals surface area (Å²) in [5.41, 5.74) is 7.58. The first-order valence-electron chi connectivity index (χ1n) is 9.18. The van der Waals surface area contributed by atoms with Crippen LogP contribution in [0, 0.1) is 17.8 Å². The Morgan fingerprint density at radius 1 is 1.23 bits per heavy atom. The quantitative estimate of drug-likeness (QED) is 0.746. The number of nitrogens with one attached hydrogen (secondary N) is 2. The first kappa shape index (κ1) is 17.5. The number of rotatable bonds is 5. The van der Waals surface area contributed by atoms with Crippen molar-refractivity contribution in [1.82, 2.24) is 10.3 Å². The zero-order valence-electron chi connectivity index (χ0n) is 14.5. The molecular weight excluding hydrogens is 343 g/mol. The number of H-pyrrole nitrogens is 1. The van der Waals surface area contributed by atoms with E-state index in [-0.39, 0.29) is 5.92 Å². The van der Waals surface area contributed by atoms with E-state index in [0.717, 1.165) is 35.9 Å². The van der Waals surface area contributed by atoms with Crippen LogP contribution in [0.25, 0.3) is 10.9 Å². The number of benzene rings is 1. The number of nitrogen functional groups attached to an aromatic ring is 1. The van der Waals surface area contributed by atoms with Gasteiger partial charge in [0, 0.05) is 23.1 Å². The minimum absolute atomic E-state index is 0.151. The molecule has 2 aliphatic rings. The van der Waals surface area contributed by atoms with Gasteiger partial charge < -0.3 is 20.8 Å². The van der Waals surface area contributed by atoms with Crippen LogP contribution in [0.15, 0.2) is 24.4 Å². The van der Waals surface area contributed by atoms with E-state index in [1.807, 2.05) is 18.2 Å². The first-order valence-corrected chi connectivity index (χ1v) is 9.18. The van der Waals surface area contributed by atoms with E-state index in [9.17, 15) is 13.2 Å². The van der Waals surface area contributed by atoms with E-state index >= 15 is 0 Å². The van der Waals surface area contributed by atoms with Crippen molar-refractivity contribution in [3.05, 3.63) is 24.4 Å². The summed E-state index contributed by atoms with van der Waals surface area (Å²) >= 11 is 0. The van der Waals surface area contributed by atoms with Crippen molar-refractivity contribution in [2.45, 2.75) is 37.9 Å². The second-order valence-corrected chi connectivity index (χ2v) is 7.68. The number of nitrogens with two attached hydrogens (primary N) is 1. The molecule has 1 aromatic carbocycles. The summed E-state index contributed by atoms with van der Waals surface area (Å²) in [4.78, 5) is 3.09. The normalized spacial score (nSPS) is 28.6. The van der Waals surface area contributed by atoms with Gasteiger partial charge in [-0.05, 0) is 61.8 Å². The third kappa shape index (κ3) is 3.63. The summed E-state index contributed by atoms with van der Waals surface area (Å²) in [6.45, 7) is 1.30. The van der Waals surface area contributed by atoms with E-state index in [1.54, 1.807) is 6.20 Å². The lowest BCUT2D eigenvalue weighted by Crippen LogP contribution is -2.32. The highest BCUT2D eigenvalue weighted by molar-refractivity contribution is 5.92. The highest BCUT2D eigenvalue weighted by Gasteiger charge is 2.46. The number of alkyl halides is 3. The van der Waals surface area contributed by atoms with Crippen molar-refractivity contribution in [3.8, 4) is 5.75 Å². The van der Waals surface area contributed by atoms with Crippen LogP contribution in [0.4, 0.5) is 18.9 Å². The molecule has 2 fully saturated rings. The molecule has 142 valence electrons. The van der Waals surface area contributed by atoms with Gasteiger partial charge in [-0.25, -0.2) is 0 Å². The minimum Gasteiger partial charge on any atom is -0.494 e. The van der Waals surface area contributed by atoms with Gasteiger partial charge in [-0.2, -0.15) is 13.2 Å². The van der Waals surface area contributed by atoms with Crippen molar-refractivity contribution in [2.75, 3.05) is 18.9 Å². The van der Waals surface area contributed by atoms with Gasteiger partial charge in [0.2, 0.25) is 0 Å². The molecule has 26 heavy (non-hydrogen) atoms. The molecule has 4 rings (SSSR count). The Morgan fingerprint density at radius 3 is 2.88 bits per heavy atom. The van der Waals surface area contributed by atoms with Gasteiger partial charge in [0.25, 0.3) is 0 Å². The molecular formula is C19H24F3N3O. The van der Waals surface area contributed by atoms with E-state index in [2.05, 4.69) is 10.3 Å². The Bertz CT molecular complexity index is 773. The van der Waals surface area contributed by atoms with E-state index in [1.165, 1.54) is 0 Å². The van der Waals surface area contributed by atoms with Crippen LogP contribution < -0.4 is 15.8 Å². The highest BCUT2D eigenvalue weighted by Crippen LogP contribution is 2.45. The average Bonchev–Trinajstić information content (AvgIpc) is 3.23. The van der Waals surface area contributed by atoms with Crippen molar-refractivity contribution in [2.24, 2.45) is 17.8 Å². The van der Waals surface area contributed by atoms with Crippen LogP contribution in [0.1, 0.15) is 25.7 Å². The number of aromatic nitrogens is 1. The maximum absolute atomic E-state index is 12.7.